The average molecular weight is 110 g/mol. The zero-order valence-corrected chi connectivity index (χ0v) is 4.68. The molecule has 2 atom stereocenters. The van der Waals surface area contributed by atoms with Gasteiger partial charge in [-0.2, -0.15) is 0 Å². The van der Waals surface area contributed by atoms with Crippen molar-refractivity contribution in [3.05, 3.63) is 0 Å². The van der Waals surface area contributed by atoms with E-state index in [1.54, 1.807) is 7.05 Å². The summed E-state index contributed by atoms with van der Waals surface area (Å²) >= 11 is 0. The topological polar surface area (TPSA) is 24.7 Å². The Kier molecular flexibility index (Phi) is 2.72. The molecule has 8 heavy (non-hydrogen) atoms. The van der Waals surface area contributed by atoms with Crippen molar-refractivity contribution in [2.45, 2.75) is 6.23 Å². The summed E-state index contributed by atoms with van der Waals surface area (Å²) in [6.07, 6.45) is 8.86. The Morgan fingerprint density at radius 2 is 2.12 bits per heavy atom. The second-order valence-corrected chi connectivity index (χ2v) is 1.40. The van der Waals surface area contributed by atoms with Crippen molar-refractivity contribution in [1.29, 1.82) is 0 Å². The molecule has 0 aliphatic rings. The van der Waals surface area contributed by atoms with Gasteiger partial charge in [0.2, 0.25) is 0 Å². The summed E-state index contributed by atoms with van der Waals surface area (Å²) in [5.41, 5.74) is 0. The summed E-state index contributed by atoms with van der Waals surface area (Å²) in [6, 6.07) is 2.24. The Hall–Kier alpha value is -0.960. The first-order valence-electron chi connectivity index (χ1n) is 2.16. The van der Waals surface area contributed by atoms with E-state index in [0.717, 1.165) is 0 Å². The molecule has 0 aromatic carbocycles. The fourth-order valence-electron chi connectivity index (χ4n) is 0.204. The molecule has 0 aromatic heterocycles. The maximum atomic E-state index is 8.71. The molecule has 0 amide bonds. The lowest BCUT2D eigenvalue weighted by atomic mass is 10.5. The van der Waals surface area contributed by atoms with Crippen LogP contribution in [0.1, 0.15) is 0 Å². The van der Waals surface area contributed by atoms with E-state index in [-0.39, 0.29) is 0 Å². The second-order valence-electron chi connectivity index (χ2n) is 1.40. The van der Waals surface area contributed by atoms with Crippen molar-refractivity contribution < 1.29 is 10.0 Å². The summed E-state index contributed by atoms with van der Waals surface area (Å²) < 4.78 is 0. The smallest absolute Gasteiger partial charge is 0.265 e. The van der Waals surface area contributed by atoms with E-state index in [1.807, 2.05) is 0 Å². The molecule has 2 N–H and O–H groups in total. The quantitative estimate of drug-likeness (QED) is 0.297. The zero-order chi connectivity index (χ0) is 6.57. The van der Waals surface area contributed by atoms with Gasteiger partial charge in [-0.3, -0.25) is 0 Å². The second kappa shape index (κ2) is 3.10. The molecule has 0 aromatic rings. The molecule has 2 unspecified atom stereocenters. The monoisotopic (exact) mass is 110 g/mol. The predicted octanol–water partition coefficient (Wildman–Crippen LogP) is -1.96. The summed E-state index contributed by atoms with van der Waals surface area (Å²) in [5, 5.41) is 8.71. The van der Waals surface area contributed by atoms with Crippen molar-refractivity contribution >= 4 is 0 Å². The van der Waals surface area contributed by atoms with Crippen LogP contribution in [0.4, 0.5) is 0 Å². The lowest BCUT2D eigenvalue weighted by Crippen LogP contribution is -3.09. The normalized spacial score (nSPS) is 15.5. The molecule has 0 spiro atoms. The first-order valence-corrected chi connectivity index (χ1v) is 2.16. The number of aliphatic hydroxyl groups excluding tert-OH is 1. The zero-order valence-electron chi connectivity index (χ0n) is 4.68. The maximum absolute atomic E-state index is 8.71. The van der Waals surface area contributed by atoms with E-state index < -0.39 is 6.23 Å². The van der Waals surface area contributed by atoms with E-state index in [4.69, 9.17) is 18.0 Å². The predicted molar refractivity (Wildman–Crippen MR) is 30.6 cm³/mol. The minimum absolute atomic E-state index is 0.479. The Labute approximate surface area is 49.1 Å². The number of aliphatic hydroxyl groups is 1. The van der Waals surface area contributed by atoms with E-state index in [9.17, 15) is 0 Å². The number of nitrogens with one attached hydrogen (secondary N) is 1. The highest BCUT2D eigenvalue weighted by Crippen LogP contribution is 1.55. The summed E-state index contributed by atoms with van der Waals surface area (Å²) in [6.45, 7) is 0. The van der Waals surface area contributed by atoms with E-state index >= 15 is 0 Å². The van der Waals surface area contributed by atoms with Gasteiger partial charge >= 0.3 is 0 Å². The SMILES string of the molecule is C#CC(O)[NH+](C)C#C. The standard InChI is InChI=1S/C6H7NO/c1-4-6(8)7(3)5-2/h1-2,6,8H,3H3/p+1. The Morgan fingerprint density at radius 3 is 2.25 bits per heavy atom. The highest BCUT2D eigenvalue weighted by Gasteiger charge is 2.05. The number of rotatable bonds is 1. The van der Waals surface area contributed by atoms with Crippen LogP contribution in [0.25, 0.3) is 0 Å². The molecule has 0 aliphatic carbocycles. The molecule has 0 heterocycles. The van der Waals surface area contributed by atoms with Gasteiger partial charge < -0.3 is 5.11 Å². The molecular formula is C6H8NO+. The molecule has 0 radical (unpaired) electrons. The van der Waals surface area contributed by atoms with Crippen LogP contribution in [-0.4, -0.2) is 18.4 Å². The maximum Gasteiger partial charge on any atom is 0.265 e. The minimum Gasteiger partial charge on any atom is -0.334 e. The molecule has 0 saturated carbocycles. The fourth-order valence-corrected chi connectivity index (χ4v) is 0.204. The van der Waals surface area contributed by atoms with Gasteiger partial charge in [-0.25, -0.2) is 4.90 Å². The van der Waals surface area contributed by atoms with Crippen LogP contribution in [0.15, 0.2) is 0 Å². The van der Waals surface area contributed by atoms with Crippen LogP contribution in [0.5, 0.6) is 0 Å². The Bertz CT molecular complexity index is 122. The van der Waals surface area contributed by atoms with Crippen molar-refractivity contribution in [2.75, 3.05) is 7.05 Å². The molecule has 0 saturated heterocycles. The van der Waals surface area contributed by atoms with Crippen LogP contribution < -0.4 is 4.90 Å². The molecule has 0 fully saturated rings. The number of hydrogen-bond acceptors (Lipinski definition) is 1. The first-order chi connectivity index (χ1) is 3.72. The third-order valence-corrected chi connectivity index (χ3v) is 0.796. The summed E-state index contributed by atoms with van der Waals surface area (Å²) in [5.74, 6) is 2.09. The molecule has 42 valence electrons. The van der Waals surface area contributed by atoms with Gasteiger partial charge in [-0.1, -0.05) is 6.42 Å². The third kappa shape index (κ3) is 1.66. The van der Waals surface area contributed by atoms with Crippen molar-refractivity contribution in [3.63, 3.8) is 0 Å². The highest BCUT2D eigenvalue weighted by molar-refractivity contribution is 4.88. The largest absolute Gasteiger partial charge is 0.334 e. The van der Waals surface area contributed by atoms with Gasteiger partial charge in [-0.15, -0.1) is 6.42 Å². The van der Waals surface area contributed by atoms with Crippen LogP contribution in [0.3, 0.4) is 0 Å². The van der Waals surface area contributed by atoms with Crippen LogP contribution in [0, 0.1) is 24.8 Å². The van der Waals surface area contributed by atoms with Crippen LogP contribution in [0.2, 0.25) is 0 Å². The summed E-state index contributed by atoms with van der Waals surface area (Å²) in [4.78, 5) is 0.479. The van der Waals surface area contributed by atoms with E-state index in [2.05, 4.69) is 12.0 Å². The summed E-state index contributed by atoms with van der Waals surface area (Å²) in [7, 11) is 1.62. The van der Waals surface area contributed by atoms with Crippen LogP contribution >= 0.6 is 0 Å². The fraction of sp³-hybridized carbons (Fsp3) is 0.333. The van der Waals surface area contributed by atoms with Gasteiger partial charge in [-0.05, 0) is 5.92 Å². The van der Waals surface area contributed by atoms with Gasteiger partial charge in [0.25, 0.3) is 6.23 Å². The van der Waals surface area contributed by atoms with Gasteiger partial charge in [0.05, 0.1) is 7.05 Å². The number of terminal acetylenes is 2. The number of hydrogen-bond donors (Lipinski definition) is 2. The van der Waals surface area contributed by atoms with Gasteiger partial charge in [0.1, 0.15) is 6.04 Å². The molecule has 2 heteroatoms. The van der Waals surface area contributed by atoms with Crippen molar-refractivity contribution in [1.82, 2.24) is 0 Å². The molecule has 0 bridgehead atoms. The van der Waals surface area contributed by atoms with Crippen molar-refractivity contribution in [2.24, 2.45) is 0 Å². The average Bonchev–Trinajstić information content (AvgIpc) is 1.84. The van der Waals surface area contributed by atoms with Gasteiger partial charge in [0.15, 0.2) is 0 Å². The molecular weight excluding hydrogens is 102 g/mol. The first kappa shape index (κ1) is 7.04. The molecule has 0 rings (SSSR count). The Morgan fingerprint density at radius 1 is 1.62 bits per heavy atom. The van der Waals surface area contributed by atoms with Crippen molar-refractivity contribution in [3.8, 4) is 24.8 Å². The lowest BCUT2D eigenvalue weighted by molar-refractivity contribution is -0.852. The lowest BCUT2D eigenvalue weighted by Gasteiger charge is -2.04. The minimum atomic E-state index is -0.875. The van der Waals surface area contributed by atoms with Crippen LogP contribution in [-0.2, 0) is 0 Å². The molecule has 2 nitrogen and oxygen atoms in total. The highest BCUT2D eigenvalue weighted by atomic mass is 16.3. The molecule has 0 aliphatic heterocycles. The van der Waals surface area contributed by atoms with E-state index in [1.165, 1.54) is 0 Å². The Balaban J connectivity index is 3.72. The number of quaternary nitrogens is 1. The third-order valence-electron chi connectivity index (χ3n) is 0.796. The van der Waals surface area contributed by atoms with E-state index in [0.29, 0.717) is 4.90 Å². The van der Waals surface area contributed by atoms with Gasteiger partial charge in [0, 0.05) is 0 Å².